The van der Waals surface area contributed by atoms with Crippen molar-refractivity contribution in [3.05, 3.63) is 66.2 Å². The van der Waals surface area contributed by atoms with E-state index in [4.69, 9.17) is 4.74 Å². The SMILES string of the molecule is CC.CC.[Br-].[Mg+2].[c-]1ccccc1OCc1ccccc1. The van der Waals surface area contributed by atoms with Gasteiger partial charge < -0.3 is 21.7 Å². The van der Waals surface area contributed by atoms with Crippen molar-refractivity contribution in [2.75, 3.05) is 0 Å². The fourth-order valence-corrected chi connectivity index (χ4v) is 1.20. The van der Waals surface area contributed by atoms with Crippen LogP contribution in [0.3, 0.4) is 0 Å². The molecule has 0 atom stereocenters. The van der Waals surface area contributed by atoms with Crippen LogP contribution in [0.1, 0.15) is 33.3 Å². The zero-order chi connectivity index (χ0) is 13.6. The molecule has 2 aromatic rings. The van der Waals surface area contributed by atoms with Gasteiger partial charge in [-0.1, -0.05) is 58.0 Å². The molecule has 106 valence electrons. The van der Waals surface area contributed by atoms with Crippen LogP contribution in [0.15, 0.2) is 54.6 Å². The third-order valence-corrected chi connectivity index (χ3v) is 1.92. The third kappa shape index (κ3) is 11.3. The number of ether oxygens (including phenoxy) is 1. The zero-order valence-corrected chi connectivity index (χ0v) is 15.9. The third-order valence-electron chi connectivity index (χ3n) is 1.92. The van der Waals surface area contributed by atoms with Crippen molar-refractivity contribution in [2.45, 2.75) is 34.3 Å². The molecule has 0 spiro atoms. The maximum atomic E-state index is 5.54. The van der Waals surface area contributed by atoms with Gasteiger partial charge in [-0.2, -0.15) is 18.2 Å². The van der Waals surface area contributed by atoms with Crippen LogP contribution in [0.25, 0.3) is 0 Å². The second-order valence-electron chi connectivity index (χ2n) is 3.00. The molecule has 2 rings (SSSR count). The Morgan fingerprint density at radius 3 is 1.90 bits per heavy atom. The maximum Gasteiger partial charge on any atom is 2.00 e. The number of hydrogen-bond donors (Lipinski definition) is 0. The van der Waals surface area contributed by atoms with Crippen molar-refractivity contribution < 1.29 is 21.7 Å². The molecular weight excluding hydrogens is 324 g/mol. The van der Waals surface area contributed by atoms with Crippen molar-refractivity contribution in [3.8, 4) is 5.75 Å². The normalized spacial score (nSPS) is 7.40. The predicted octanol–water partition coefficient (Wildman–Crippen LogP) is 1.74. The summed E-state index contributed by atoms with van der Waals surface area (Å²) in [5.41, 5.74) is 1.17. The molecule has 0 unspecified atom stereocenters. The molecule has 2 aromatic carbocycles. The average Bonchev–Trinajstić information content (AvgIpc) is 2.51. The van der Waals surface area contributed by atoms with Gasteiger partial charge in [0.25, 0.3) is 0 Å². The smallest absolute Gasteiger partial charge is 1.00 e. The van der Waals surface area contributed by atoms with Crippen molar-refractivity contribution in [1.29, 1.82) is 0 Å². The Hall–Kier alpha value is -0.514. The van der Waals surface area contributed by atoms with Crippen LogP contribution in [-0.2, 0) is 6.61 Å². The van der Waals surface area contributed by atoms with Crippen molar-refractivity contribution in [2.24, 2.45) is 0 Å². The number of hydrogen-bond acceptors (Lipinski definition) is 1. The quantitative estimate of drug-likeness (QED) is 0.607. The van der Waals surface area contributed by atoms with Gasteiger partial charge in [0.1, 0.15) is 6.61 Å². The molecule has 0 saturated heterocycles. The van der Waals surface area contributed by atoms with Crippen molar-refractivity contribution >= 4 is 23.1 Å². The second-order valence-corrected chi connectivity index (χ2v) is 3.00. The maximum absolute atomic E-state index is 5.54. The van der Waals surface area contributed by atoms with Crippen LogP contribution in [0.5, 0.6) is 5.75 Å². The Bertz CT molecular complexity index is 339. The summed E-state index contributed by atoms with van der Waals surface area (Å²) in [7, 11) is 0. The predicted molar refractivity (Wildman–Crippen MR) is 84.5 cm³/mol. The van der Waals surface area contributed by atoms with E-state index in [-0.39, 0.29) is 40.0 Å². The van der Waals surface area contributed by atoms with Crippen molar-refractivity contribution in [1.82, 2.24) is 0 Å². The summed E-state index contributed by atoms with van der Waals surface area (Å²) in [5.74, 6) is 0.788. The minimum Gasteiger partial charge on any atom is -1.00 e. The number of benzene rings is 2. The van der Waals surface area contributed by atoms with Crippen LogP contribution < -0.4 is 21.7 Å². The van der Waals surface area contributed by atoms with E-state index in [0.29, 0.717) is 6.61 Å². The summed E-state index contributed by atoms with van der Waals surface area (Å²) >= 11 is 0. The van der Waals surface area contributed by atoms with Gasteiger partial charge in [-0.05, 0) is 5.56 Å². The Morgan fingerprint density at radius 2 is 1.40 bits per heavy atom. The van der Waals surface area contributed by atoms with Crippen LogP contribution in [0, 0.1) is 6.07 Å². The van der Waals surface area contributed by atoms with E-state index in [0.717, 1.165) is 5.75 Å². The van der Waals surface area contributed by atoms with E-state index in [9.17, 15) is 0 Å². The molecule has 20 heavy (non-hydrogen) atoms. The Balaban J connectivity index is -0.000000444. The van der Waals surface area contributed by atoms with Gasteiger partial charge in [0.15, 0.2) is 0 Å². The summed E-state index contributed by atoms with van der Waals surface area (Å²) in [6.07, 6.45) is 0. The molecule has 0 saturated carbocycles. The topological polar surface area (TPSA) is 9.23 Å². The first-order valence-corrected chi connectivity index (χ1v) is 6.58. The summed E-state index contributed by atoms with van der Waals surface area (Å²) in [5, 5.41) is 0. The van der Waals surface area contributed by atoms with Gasteiger partial charge in [-0.25, -0.2) is 0 Å². The molecule has 0 aliphatic rings. The molecule has 0 N–H and O–H groups in total. The fraction of sp³-hybridized carbons (Fsp3) is 0.294. The zero-order valence-electron chi connectivity index (χ0n) is 12.9. The van der Waals surface area contributed by atoms with E-state index >= 15 is 0 Å². The molecule has 0 bridgehead atoms. The molecule has 0 radical (unpaired) electrons. The van der Waals surface area contributed by atoms with Gasteiger partial charge >= 0.3 is 23.1 Å². The molecule has 0 aliphatic heterocycles. The number of rotatable bonds is 3. The number of halogens is 1. The van der Waals surface area contributed by atoms with Gasteiger partial charge in [-0.15, -0.1) is 12.1 Å². The average molecular weight is 348 g/mol. The van der Waals surface area contributed by atoms with Gasteiger partial charge in [0.2, 0.25) is 0 Å². The minimum absolute atomic E-state index is 0. The Labute approximate surface area is 150 Å². The van der Waals surface area contributed by atoms with E-state index < -0.39 is 0 Å². The molecular formula is C17H23BrMgO. The van der Waals surface area contributed by atoms with E-state index in [1.54, 1.807) is 0 Å². The number of para-hydroxylation sites is 1. The van der Waals surface area contributed by atoms with E-state index in [1.165, 1.54) is 5.56 Å². The van der Waals surface area contributed by atoms with Gasteiger partial charge in [0, 0.05) is 5.75 Å². The van der Waals surface area contributed by atoms with Gasteiger partial charge in [-0.3, -0.25) is 0 Å². The summed E-state index contributed by atoms with van der Waals surface area (Å²) in [6.45, 7) is 8.60. The fourth-order valence-electron chi connectivity index (χ4n) is 1.20. The summed E-state index contributed by atoms with van der Waals surface area (Å²) in [6, 6.07) is 20.7. The molecule has 3 heteroatoms. The molecule has 1 nitrogen and oxygen atoms in total. The molecule has 0 heterocycles. The monoisotopic (exact) mass is 346 g/mol. The standard InChI is InChI=1S/C13H11O.2C2H6.BrH.Mg/c1-3-7-12(8-4-1)11-14-13-9-5-2-6-10-13;2*1-2;;/h1-9H,11H2;2*1-2H3;1H;/q-1;;;;+2/p-1. The van der Waals surface area contributed by atoms with E-state index in [2.05, 4.69) is 6.07 Å². The minimum atomic E-state index is 0. The van der Waals surface area contributed by atoms with Crippen LogP contribution in [0.4, 0.5) is 0 Å². The Kier molecular flexibility index (Phi) is 22.6. The first-order chi connectivity index (χ1) is 8.95. The van der Waals surface area contributed by atoms with E-state index in [1.807, 2.05) is 82.3 Å². The summed E-state index contributed by atoms with van der Waals surface area (Å²) < 4.78 is 5.54. The largest absolute Gasteiger partial charge is 2.00 e. The first kappa shape index (κ1) is 24.5. The molecule has 0 amide bonds. The molecule has 0 aliphatic carbocycles. The van der Waals surface area contributed by atoms with Gasteiger partial charge in [0.05, 0.1) is 0 Å². The molecule has 0 fully saturated rings. The van der Waals surface area contributed by atoms with Crippen LogP contribution in [0.2, 0.25) is 0 Å². The second kappa shape index (κ2) is 18.5. The summed E-state index contributed by atoms with van der Waals surface area (Å²) in [4.78, 5) is 0. The molecule has 0 aromatic heterocycles. The Morgan fingerprint density at radius 1 is 0.850 bits per heavy atom. The van der Waals surface area contributed by atoms with Crippen LogP contribution >= 0.6 is 0 Å². The first-order valence-electron chi connectivity index (χ1n) is 6.58. The van der Waals surface area contributed by atoms with Crippen LogP contribution in [-0.4, -0.2) is 23.1 Å². The van der Waals surface area contributed by atoms with Crippen molar-refractivity contribution in [3.63, 3.8) is 0 Å².